The highest BCUT2D eigenvalue weighted by atomic mass is 31.2. The zero-order valence-electron chi connectivity index (χ0n) is 34.7. The second-order valence-corrected chi connectivity index (χ2v) is 15.6. The Morgan fingerprint density at radius 2 is 1.02 bits per heavy atom. The number of hydrogen-bond donors (Lipinski definition) is 2. The molecule has 314 valence electrons. The van der Waals surface area contributed by atoms with E-state index in [1.54, 1.807) is 7.05 Å². The van der Waals surface area contributed by atoms with Gasteiger partial charge in [-0.05, 0) is 77.7 Å². The smallest absolute Gasteiger partial charge is 0.462 e. The molecule has 2 unspecified atom stereocenters. The number of carbonyl (C=O) groups is 2. The van der Waals surface area contributed by atoms with Gasteiger partial charge in [-0.2, -0.15) is 0 Å². The summed E-state index contributed by atoms with van der Waals surface area (Å²) in [6.07, 6.45) is 44.5. The largest absolute Gasteiger partial charge is 0.472 e. The first-order valence-corrected chi connectivity index (χ1v) is 23.1. The highest BCUT2D eigenvalue weighted by Gasteiger charge is 2.26. The van der Waals surface area contributed by atoms with Crippen LogP contribution in [0.3, 0.4) is 0 Å². The zero-order valence-corrected chi connectivity index (χ0v) is 35.6. The summed E-state index contributed by atoms with van der Waals surface area (Å²) in [7, 11) is -2.67. The maximum absolute atomic E-state index is 12.6. The predicted octanol–water partition coefficient (Wildman–Crippen LogP) is 12.2. The number of allylic oxidation sites excluding steroid dienone is 8. The minimum atomic E-state index is -4.36. The van der Waals surface area contributed by atoms with Gasteiger partial charge in [0.2, 0.25) is 0 Å². The van der Waals surface area contributed by atoms with Gasteiger partial charge in [-0.25, -0.2) is 4.57 Å². The minimum absolute atomic E-state index is 0.0278. The Hall–Kier alpha value is -2.03. The molecule has 0 radical (unpaired) electrons. The van der Waals surface area contributed by atoms with E-state index in [2.05, 4.69) is 67.8 Å². The molecule has 9 nitrogen and oxygen atoms in total. The average molecular weight is 782 g/mol. The molecule has 10 heteroatoms. The van der Waals surface area contributed by atoms with E-state index >= 15 is 0 Å². The van der Waals surface area contributed by atoms with Crippen LogP contribution in [0.5, 0.6) is 0 Å². The molecular weight excluding hydrogens is 701 g/mol. The monoisotopic (exact) mass is 782 g/mol. The van der Waals surface area contributed by atoms with Gasteiger partial charge >= 0.3 is 19.8 Å². The van der Waals surface area contributed by atoms with Crippen LogP contribution in [0.1, 0.15) is 181 Å². The predicted molar refractivity (Wildman–Crippen MR) is 224 cm³/mol. The van der Waals surface area contributed by atoms with Gasteiger partial charge in [-0.1, -0.05) is 146 Å². The van der Waals surface area contributed by atoms with Crippen molar-refractivity contribution in [3.63, 3.8) is 0 Å². The van der Waals surface area contributed by atoms with Gasteiger partial charge in [0.05, 0.1) is 13.2 Å². The molecule has 0 rings (SSSR count). The molecule has 0 spiro atoms. The molecule has 0 aromatic heterocycles. The van der Waals surface area contributed by atoms with Crippen LogP contribution in [-0.4, -0.2) is 56.3 Å². The van der Waals surface area contributed by atoms with Gasteiger partial charge in [0, 0.05) is 19.4 Å². The van der Waals surface area contributed by atoms with Crippen LogP contribution in [0.25, 0.3) is 0 Å². The van der Waals surface area contributed by atoms with Crippen LogP contribution in [0.2, 0.25) is 0 Å². The number of likely N-dealkylation sites (N-methyl/N-ethyl adjacent to an activating group) is 1. The first kappa shape index (κ1) is 52.0. The Bertz CT molecular complexity index is 1030. The first-order chi connectivity index (χ1) is 26.3. The number of rotatable bonds is 40. The number of phosphoric acid groups is 1. The van der Waals surface area contributed by atoms with Crippen LogP contribution in [0, 0.1) is 0 Å². The van der Waals surface area contributed by atoms with Crippen LogP contribution in [-0.2, 0) is 32.7 Å². The fourth-order valence-corrected chi connectivity index (χ4v) is 6.37. The maximum atomic E-state index is 12.6. The SMILES string of the molecule is CCCCCC/C=C\CCCCCCCCCC(=O)OCC(COP(=O)(O)OCCNC)OC(=O)CCC/C=C\C/C=C\C/C=C\CCCCCCCC. The molecule has 0 aliphatic heterocycles. The van der Waals surface area contributed by atoms with Crippen LogP contribution in [0.4, 0.5) is 0 Å². The highest BCUT2D eigenvalue weighted by Crippen LogP contribution is 2.43. The summed E-state index contributed by atoms with van der Waals surface area (Å²) in [5.74, 6) is -0.874. The fraction of sp³-hybridized carbons (Fsp3) is 0.773. The van der Waals surface area contributed by atoms with Crippen LogP contribution >= 0.6 is 7.82 Å². The molecule has 0 aliphatic carbocycles. The molecule has 0 aromatic rings. The molecule has 2 atom stereocenters. The molecule has 0 saturated heterocycles. The molecule has 0 fully saturated rings. The third-order valence-electron chi connectivity index (χ3n) is 8.92. The second kappa shape index (κ2) is 40.6. The Kier molecular flexibility index (Phi) is 39.1. The number of unbranched alkanes of at least 4 members (excludes halogenated alkanes) is 18. The van der Waals surface area contributed by atoms with Crippen molar-refractivity contribution in [2.24, 2.45) is 0 Å². The summed E-state index contributed by atoms with van der Waals surface area (Å²) < 4.78 is 33.1. The van der Waals surface area contributed by atoms with Crippen molar-refractivity contribution in [3.8, 4) is 0 Å². The molecule has 0 aromatic carbocycles. The molecule has 2 N–H and O–H groups in total. The lowest BCUT2D eigenvalue weighted by molar-refractivity contribution is -0.161. The average Bonchev–Trinajstić information content (AvgIpc) is 3.15. The van der Waals surface area contributed by atoms with E-state index in [1.165, 1.54) is 89.9 Å². The quantitative estimate of drug-likeness (QED) is 0.0271. The Morgan fingerprint density at radius 3 is 1.57 bits per heavy atom. The van der Waals surface area contributed by atoms with Crippen molar-refractivity contribution in [1.29, 1.82) is 0 Å². The minimum Gasteiger partial charge on any atom is -0.462 e. The Labute approximate surface area is 330 Å². The van der Waals surface area contributed by atoms with Crippen molar-refractivity contribution in [1.82, 2.24) is 5.32 Å². The van der Waals surface area contributed by atoms with Gasteiger partial charge in [-0.3, -0.25) is 18.6 Å². The van der Waals surface area contributed by atoms with E-state index in [0.717, 1.165) is 57.8 Å². The fourth-order valence-electron chi connectivity index (χ4n) is 5.62. The first-order valence-electron chi connectivity index (χ1n) is 21.6. The third kappa shape index (κ3) is 39.7. The molecule has 54 heavy (non-hydrogen) atoms. The number of hydrogen-bond acceptors (Lipinski definition) is 8. The zero-order chi connectivity index (χ0) is 39.6. The van der Waals surface area contributed by atoms with Gasteiger partial charge in [0.15, 0.2) is 6.10 Å². The third-order valence-corrected chi connectivity index (χ3v) is 9.91. The molecule has 0 aliphatic rings. The maximum Gasteiger partial charge on any atom is 0.472 e. The van der Waals surface area contributed by atoms with Crippen molar-refractivity contribution < 1.29 is 37.6 Å². The normalized spacial score (nSPS) is 13.8. The van der Waals surface area contributed by atoms with Crippen molar-refractivity contribution in [3.05, 3.63) is 48.6 Å². The number of carbonyl (C=O) groups excluding carboxylic acids is 2. The van der Waals surface area contributed by atoms with E-state index < -0.39 is 32.5 Å². The summed E-state index contributed by atoms with van der Waals surface area (Å²) in [5, 5.41) is 2.82. The lowest BCUT2D eigenvalue weighted by atomic mass is 10.1. The standard InChI is InChI=1S/C44H80NO8P/c1-4-6-8-10-12-14-16-18-20-21-23-25-27-29-31-33-35-37-44(47)53-42(41-52-54(48,49)51-39-38-45-3)40-50-43(46)36-34-32-30-28-26-24-22-19-17-15-13-11-9-7-5-2/h15,17-18,20,23,25,29,31,42,45H,4-14,16,19,21-22,24,26-28,30,32-41H2,1-3H3,(H,48,49)/b17-15-,20-18-,25-23-,31-29-. The molecule has 0 heterocycles. The number of ether oxygens (including phenoxy) is 2. The van der Waals surface area contributed by atoms with Crippen LogP contribution < -0.4 is 5.32 Å². The number of phosphoric ester groups is 1. The molecule has 0 bridgehead atoms. The molecular formula is C44H80NO8P. The summed E-state index contributed by atoms with van der Waals surface area (Å²) in [5.41, 5.74) is 0. The van der Waals surface area contributed by atoms with Gasteiger partial charge < -0.3 is 19.7 Å². The topological polar surface area (TPSA) is 120 Å². The highest BCUT2D eigenvalue weighted by molar-refractivity contribution is 7.47. The van der Waals surface area contributed by atoms with Crippen LogP contribution in [0.15, 0.2) is 48.6 Å². The van der Waals surface area contributed by atoms with E-state index in [4.69, 9.17) is 18.5 Å². The number of nitrogens with one attached hydrogen (secondary N) is 1. The van der Waals surface area contributed by atoms with E-state index in [9.17, 15) is 19.0 Å². The van der Waals surface area contributed by atoms with Gasteiger partial charge in [0.1, 0.15) is 6.61 Å². The summed E-state index contributed by atoms with van der Waals surface area (Å²) in [6.45, 7) is 4.14. The second-order valence-electron chi connectivity index (χ2n) is 14.2. The summed E-state index contributed by atoms with van der Waals surface area (Å²) in [6, 6.07) is 0. The van der Waals surface area contributed by atoms with Crippen molar-refractivity contribution in [2.45, 2.75) is 187 Å². The summed E-state index contributed by atoms with van der Waals surface area (Å²) in [4.78, 5) is 35.0. The van der Waals surface area contributed by atoms with E-state index in [1.807, 2.05) is 0 Å². The van der Waals surface area contributed by atoms with E-state index in [0.29, 0.717) is 13.0 Å². The van der Waals surface area contributed by atoms with Crippen molar-refractivity contribution in [2.75, 3.05) is 33.4 Å². The lowest BCUT2D eigenvalue weighted by Gasteiger charge is -2.20. The van der Waals surface area contributed by atoms with Crippen molar-refractivity contribution >= 4 is 19.8 Å². The molecule has 0 amide bonds. The Morgan fingerprint density at radius 1 is 0.574 bits per heavy atom. The van der Waals surface area contributed by atoms with Gasteiger partial charge in [-0.15, -0.1) is 0 Å². The van der Waals surface area contributed by atoms with E-state index in [-0.39, 0.29) is 26.1 Å². The van der Waals surface area contributed by atoms with Gasteiger partial charge in [0.25, 0.3) is 0 Å². The number of esters is 2. The Balaban J connectivity index is 4.33. The summed E-state index contributed by atoms with van der Waals surface area (Å²) >= 11 is 0. The lowest BCUT2D eigenvalue weighted by Crippen LogP contribution is -2.29. The molecule has 0 saturated carbocycles.